The van der Waals surface area contributed by atoms with Crippen molar-refractivity contribution in [2.45, 2.75) is 40.2 Å². The van der Waals surface area contributed by atoms with Crippen molar-refractivity contribution >= 4 is 5.78 Å². The topological polar surface area (TPSA) is 26.3 Å². The fraction of sp³-hybridized carbons (Fsp3) is 0.316. The molecule has 0 fully saturated rings. The molecule has 2 nitrogen and oxygen atoms in total. The molecule has 2 heteroatoms. The first-order valence-corrected chi connectivity index (χ1v) is 7.31. The van der Waals surface area contributed by atoms with Gasteiger partial charge < -0.3 is 4.74 Å². The van der Waals surface area contributed by atoms with Gasteiger partial charge in [0.1, 0.15) is 12.4 Å². The predicted octanol–water partition coefficient (Wildman–Crippen LogP) is 4.90. The number of hydrogen-bond donors (Lipinski definition) is 0. The first kappa shape index (κ1) is 15.3. The van der Waals surface area contributed by atoms with Crippen LogP contribution in [0.5, 0.6) is 5.75 Å². The molecule has 0 unspecified atom stereocenters. The third-order valence-corrected chi connectivity index (χ3v) is 3.60. The van der Waals surface area contributed by atoms with Gasteiger partial charge in [0.2, 0.25) is 0 Å². The van der Waals surface area contributed by atoms with Crippen molar-refractivity contribution in [1.29, 1.82) is 0 Å². The molecule has 0 bridgehead atoms. The zero-order chi connectivity index (χ0) is 15.4. The Morgan fingerprint density at radius 3 is 2.38 bits per heavy atom. The van der Waals surface area contributed by atoms with Gasteiger partial charge in [-0.3, -0.25) is 4.79 Å². The number of ether oxygens (including phenoxy) is 1. The molecule has 110 valence electrons. The summed E-state index contributed by atoms with van der Waals surface area (Å²) in [6, 6.07) is 14.1. The average Bonchev–Trinajstić information content (AvgIpc) is 2.45. The minimum atomic E-state index is 0.101. The molecule has 0 N–H and O–H groups in total. The van der Waals surface area contributed by atoms with Crippen molar-refractivity contribution < 1.29 is 9.53 Å². The largest absolute Gasteiger partial charge is 0.489 e. The van der Waals surface area contributed by atoms with Gasteiger partial charge in [-0.1, -0.05) is 44.2 Å². The summed E-state index contributed by atoms with van der Waals surface area (Å²) in [6.07, 6.45) is 0. The summed E-state index contributed by atoms with van der Waals surface area (Å²) >= 11 is 0. The van der Waals surface area contributed by atoms with Crippen LogP contribution in [0, 0.1) is 6.92 Å². The summed E-state index contributed by atoms with van der Waals surface area (Å²) in [4.78, 5) is 11.7. The van der Waals surface area contributed by atoms with Crippen LogP contribution in [-0.2, 0) is 6.61 Å². The molecule has 0 saturated heterocycles. The Kier molecular flexibility index (Phi) is 4.79. The van der Waals surface area contributed by atoms with Crippen molar-refractivity contribution in [2.24, 2.45) is 0 Å². The lowest BCUT2D eigenvalue weighted by molar-refractivity contribution is 0.101. The number of ketones is 1. The smallest absolute Gasteiger partial charge is 0.160 e. The zero-order valence-corrected chi connectivity index (χ0v) is 13.1. The van der Waals surface area contributed by atoms with E-state index in [9.17, 15) is 4.79 Å². The molecule has 0 saturated carbocycles. The number of benzene rings is 2. The average molecular weight is 282 g/mol. The van der Waals surface area contributed by atoms with E-state index in [1.54, 1.807) is 6.92 Å². The van der Waals surface area contributed by atoms with Crippen LogP contribution in [0.1, 0.15) is 53.7 Å². The molecule has 2 aromatic rings. The van der Waals surface area contributed by atoms with E-state index in [0.29, 0.717) is 12.5 Å². The summed E-state index contributed by atoms with van der Waals surface area (Å²) < 4.78 is 5.99. The second-order valence-corrected chi connectivity index (χ2v) is 5.69. The van der Waals surface area contributed by atoms with Gasteiger partial charge in [0.25, 0.3) is 0 Å². The Hall–Kier alpha value is -2.09. The monoisotopic (exact) mass is 282 g/mol. The Bertz CT molecular complexity index is 628. The van der Waals surface area contributed by atoms with E-state index in [1.807, 2.05) is 49.4 Å². The van der Waals surface area contributed by atoms with Crippen LogP contribution in [0.25, 0.3) is 0 Å². The lowest BCUT2D eigenvalue weighted by Gasteiger charge is -2.17. The minimum absolute atomic E-state index is 0.101. The van der Waals surface area contributed by atoms with Crippen LogP contribution in [0.3, 0.4) is 0 Å². The Balaban J connectivity index is 2.30. The highest BCUT2D eigenvalue weighted by Crippen LogP contribution is 2.30. The van der Waals surface area contributed by atoms with Gasteiger partial charge in [0.05, 0.1) is 0 Å². The summed E-state index contributed by atoms with van der Waals surface area (Å²) in [5.41, 5.74) is 3.97. The molecule has 2 aromatic carbocycles. The fourth-order valence-corrected chi connectivity index (χ4v) is 2.39. The predicted molar refractivity (Wildman–Crippen MR) is 86.0 cm³/mol. The van der Waals surface area contributed by atoms with Crippen molar-refractivity contribution in [1.82, 2.24) is 0 Å². The zero-order valence-electron chi connectivity index (χ0n) is 13.1. The van der Waals surface area contributed by atoms with Gasteiger partial charge in [-0.15, -0.1) is 0 Å². The summed E-state index contributed by atoms with van der Waals surface area (Å²) in [7, 11) is 0. The van der Waals surface area contributed by atoms with E-state index in [1.165, 1.54) is 0 Å². The molecule has 0 aliphatic rings. The molecule has 0 spiro atoms. The maximum Gasteiger partial charge on any atom is 0.160 e. The Morgan fingerprint density at radius 2 is 1.81 bits per heavy atom. The summed E-state index contributed by atoms with van der Waals surface area (Å²) in [5.74, 6) is 1.29. The van der Waals surface area contributed by atoms with Crippen molar-refractivity contribution in [3.63, 3.8) is 0 Å². The van der Waals surface area contributed by atoms with E-state index in [-0.39, 0.29) is 5.78 Å². The molecule has 0 amide bonds. The van der Waals surface area contributed by atoms with Crippen LogP contribution in [0.2, 0.25) is 0 Å². The molecule has 0 atom stereocenters. The highest BCUT2D eigenvalue weighted by molar-refractivity contribution is 5.96. The van der Waals surface area contributed by atoms with Crippen molar-refractivity contribution in [3.05, 3.63) is 64.7 Å². The van der Waals surface area contributed by atoms with E-state index in [0.717, 1.165) is 28.0 Å². The van der Waals surface area contributed by atoms with Crippen LogP contribution >= 0.6 is 0 Å². The van der Waals surface area contributed by atoms with E-state index in [2.05, 4.69) is 13.8 Å². The highest BCUT2D eigenvalue weighted by atomic mass is 16.5. The second-order valence-electron chi connectivity index (χ2n) is 5.69. The van der Waals surface area contributed by atoms with Crippen molar-refractivity contribution in [3.8, 4) is 5.75 Å². The first-order valence-electron chi connectivity index (χ1n) is 7.31. The van der Waals surface area contributed by atoms with Crippen LogP contribution in [-0.4, -0.2) is 5.78 Å². The molecule has 21 heavy (non-hydrogen) atoms. The third-order valence-electron chi connectivity index (χ3n) is 3.60. The minimum Gasteiger partial charge on any atom is -0.489 e. The van der Waals surface area contributed by atoms with Gasteiger partial charge in [0.15, 0.2) is 5.78 Å². The van der Waals surface area contributed by atoms with Gasteiger partial charge in [-0.05, 0) is 48.6 Å². The maximum absolute atomic E-state index is 11.7. The lowest BCUT2D eigenvalue weighted by atomic mass is 9.95. The van der Waals surface area contributed by atoms with Gasteiger partial charge in [-0.25, -0.2) is 0 Å². The lowest BCUT2D eigenvalue weighted by Crippen LogP contribution is -2.04. The first-order chi connectivity index (χ1) is 9.99. The molecule has 0 heterocycles. The fourth-order valence-electron chi connectivity index (χ4n) is 2.39. The van der Waals surface area contributed by atoms with E-state index >= 15 is 0 Å². The molecular weight excluding hydrogens is 260 g/mol. The number of carbonyl (C=O) groups excluding carboxylic acids is 1. The molecule has 0 aromatic heterocycles. The standard InChI is InChI=1S/C19H22O2/c1-13(2)17-11-18(15(4)20)14(3)10-19(17)21-12-16-8-6-5-7-9-16/h5-11,13H,12H2,1-4H3. The van der Waals surface area contributed by atoms with Crippen molar-refractivity contribution in [2.75, 3.05) is 0 Å². The highest BCUT2D eigenvalue weighted by Gasteiger charge is 2.14. The quantitative estimate of drug-likeness (QED) is 0.729. The second kappa shape index (κ2) is 6.57. The third kappa shape index (κ3) is 3.72. The number of rotatable bonds is 5. The number of Topliss-reactive ketones (excluding diaryl/α,β-unsaturated/α-hetero) is 1. The maximum atomic E-state index is 11.7. The molecule has 0 aliphatic carbocycles. The SMILES string of the molecule is CC(=O)c1cc(C(C)C)c(OCc2ccccc2)cc1C. The van der Waals surface area contributed by atoms with E-state index in [4.69, 9.17) is 4.74 Å². The van der Waals surface area contributed by atoms with Crippen LogP contribution in [0.4, 0.5) is 0 Å². The molecule has 0 radical (unpaired) electrons. The molecule has 2 rings (SSSR count). The van der Waals surface area contributed by atoms with Crippen LogP contribution < -0.4 is 4.74 Å². The normalized spacial score (nSPS) is 10.7. The number of carbonyl (C=O) groups is 1. The Labute approximate surface area is 126 Å². The van der Waals surface area contributed by atoms with Crippen LogP contribution in [0.15, 0.2) is 42.5 Å². The molecular formula is C19H22O2. The number of aryl methyl sites for hydroxylation is 1. The number of hydrogen-bond acceptors (Lipinski definition) is 2. The van der Waals surface area contributed by atoms with Gasteiger partial charge >= 0.3 is 0 Å². The van der Waals surface area contributed by atoms with Gasteiger partial charge in [0, 0.05) is 5.56 Å². The summed E-state index contributed by atoms with van der Waals surface area (Å²) in [6.45, 7) is 8.33. The van der Waals surface area contributed by atoms with E-state index < -0.39 is 0 Å². The Morgan fingerprint density at radius 1 is 1.14 bits per heavy atom. The van der Waals surface area contributed by atoms with Gasteiger partial charge in [-0.2, -0.15) is 0 Å². The summed E-state index contributed by atoms with van der Waals surface area (Å²) in [5, 5.41) is 0. The molecule has 0 aliphatic heterocycles.